The molecule has 2 aromatic carbocycles. The summed E-state index contributed by atoms with van der Waals surface area (Å²) in [6.45, 7) is 1.69. The van der Waals surface area contributed by atoms with Gasteiger partial charge in [-0.1, -0.05) is 34.1 Å². The first-order valence-corrected chi connectivity index (χ1v) is 8.58. The van der Waals surface area contributed by atoms with E-state index in [0.717, 1.165) is 4.47 Å². The number of esters is 1. The first kappa shape index (κ1) is 18.1. The number of rotatable bonds is 3. The van der Waals surface area contributed by atoms with E-state index in [1.54, 1.807) is 43.3 Å². The van der Waals surface area contributed by atoms with E-state index >= 15 is 0 Å². The highest BCUT2D eigenvalue weighted by molar-refractivity contribution is 9.10. The van der Waals surface area contributed by atoms with Crippen molar-refractivity contribution in [2.75, 3.05) is 12.0 Å². The van der Waals surface area contributed by atoms with Crippen LogP contribution in [0.2, 0.25) is 0 Å². The number of hydrogen-bond donors (Lipinski definition) is 0. The van der Waals surface area contributed by atoms with Crippen LogP contribution in [0, 0.1) is 5.82 Å². The number of halogens is 2. The molecule has 0 radical (unpaired) electrons. The average Bonchev–Trinajstić information content (AvgIpc) is 2.86. The average molecular weight is 416 g/mol. The third-order valence-electron chi connectivity index (χ3n) is 4.04. The summed E-state index contributed by atoms with van der Waals surface area (Å²) in [5, 5.41) is 0. The van der Waals surface area contributed by atoms with Gasteiger partial charge >= 0.3 is 5.97 Å². The Kier molecular flexibility index (Phi) is 5.04. The lowest BCUT2D eigenvalue weighted by molar-refractivity contribution is -0.136. The van der Waals surface area contributed by atoms with Crippen LogP contribution in [0.1, 0.15) is 12.5 Å². The van der Waals surface area contributed by atoms with Crippen LogP contribution < -0.4 is 4.90 Å². The van der Waals surface area contributed by atoms with Crippen LogP contribution in [0.4, 0.5) is 10.1 Å². The van der Waals surface area contributed by atoms with Gasteiger partial charge in [0.1, 0.15) is 5.82 Å². The fourth-order valence-corrected chi connectivity index (χ4v) is 3.22. The van der Waals surface area contributed by atoms with Gasteiger partial charge in [-0.15, -0.1) is 0 Å². The third-order valence-corrected chi connectivity index (χ3v) is 4.53. The summed E-state index contributed by atoms with van der Waals surface area (Å²) in [5.74, 6) is -1.31. The Morgan fingerprint density at radius 3 is 2.50 bits per heavy atom. The molecular formula is C20H15BrFNO3. The Hall–Kier alpha value is -2.73. The minimum atomic E-state index is -0.596. The molecule has 6 heteroatoms. The number of hydrogen-bond acceptors (Lipinski definition) is 3. The molecule has 0 aliphatic carbocycles. The Bertz CT molecular complexity index is 948. The summed E-state index contributed by atoms with van der Waals surface area (Å²) in [7, 11) is 1.27. The quantitative estimate of drug-likeness (QED) is 0.548. The van der Waals surface area contributed by atoms with Gasteiger partial charge in [-0.2, -0.15) is 0 Å². The van der Waals surface area contributed by atoms with Gasteiger partial charge in [-0.3, -0.25) is 9.69 Å². The molecule has 0 N–H and O–H groups in total. The molecule has 1 aliphatic heterocycles. The molecule has 0 fully saturated rings. The van der Waals surface area contributed by atoms with E-state index < -0.39 is 5.97 Å². The maximum Gasteiger partial charge on any atom is 0.340 e. The molecule has 1 aliphatic rings. The maximum atomic E-state index is 13.1. The van der Waals surface area contributed by atoms with Gasteiger partial charge in [-0.05, 0) is 48.9 Å². The number of carbonyl (C=O) groups excluding carboxylic acids is 2. The molecular weight excluding hydrogens is 401 g/mol. The van der Waals surface area contributed by atoms with Gasteiger partial charge in [-0.25, -0.2) is 9.18 Å². The molecule has 1 amide bonds. The van der Waals surface area contributed by atoms with Gasteiger partial charge in [0.15, 0.2) is 0 Å². The van der Waals surface area contributed by atoms with Crippen LogP contribution in [0.15, 0.2) is 69.8 Å². The molecule has 1 heterocycles. The van der Waals surface area contributed by atoms with E-state index in [9.17, 15) is 14.0 Å². The molecule has 3 rings (SSSR count). The van der Waals surface area contributed by atoms with Crippen molar-refractivity contribution in [2.24, 2.45) is 0 Å². The summed E-state index contributed by atoms with van der Waals surface area (Å²) in [6, 6.07) is 12.9. The predicted molar refractivity (Wildman–Crippen MR) is 101 cm³/mol. The zero-order chi connectivity index (χ0) is 18.8. The highest BCUT2D eigenvalue weighted by Gasteiger charge is 2.37. The second-order valence-corrected chi connectivity index (χ2v) is 6.60. The number of carbonyl (C=O) groups is 2. The first-order valence-electron chi connectivity index (χ1n) is 7.79. The van der Waals surface area contributed by atoms with E-state index in [1.165, 1.54) is 24.1 Å². The van der Waals surface area contributed by atoms with Crippen LogP contribution in [0.3, 0.4) is 0 Å². The molecule has 0 unspecified atom stereocenters. The number of benzene rings is 2. The minimum Gasteiger partial charge on any atom is -0.465 e. The zero-order valence-corrected chi connectivity index (χ0v) is 15.7. The number of nitrogens with zero attached hydrogens (tertiary/aromatic N) is 1. The van der Waals surface area contributed by atoms with E-state index in [4.69, 9.17) is 4.74 Å². The van der Waals surface area contributed by atoms with Crippen molar-refractivity contribution in [3.8, 4) is 0 Å². The van der Waals surface area contributed by atoms with Crippen LogP contribution in [0.5, 0.6) is 0 Å². The zero-order valence-electron chi connectivity index (χ0n) is 14.1. The number of ether oxygens (including phenoxy) is 1. The molecule has 2 aromatic rings. The third kappa shape index (κ3) is 3.32. The number of allylic oxidation sites excluding steroid dienone is 1. The van der Waals surface area contributed by atoms with E-state index in [1.807, 2.05) is 6.07 Å². The van der Waals surface area contributed by atoms with E-state index in [0.29, 0.717) is 16.9 Å². The smallest absolute Gasteiger partial charge is 0.340 e. The first-order chi connectivity index (χ1) is 12.4. The topological polar surface area (TPSA) is 46.6 Å². The van der Waals surface area contributed by atoms with Crippen molar-refractivity contribution in [1.29, 1.82) is 0 Å². The standard InChI is InChI=1S/C20H15BrFNO3/c1-12-18(20(25)26-2)17(10-13-6-8-15(22)9-7-13)19(24)23(12)16-5-3-4-14(21)11-16/h3-11H,1-2H3/b17-10-. The normalized spacial score (nSPS) is 15.8. The van der Waals surface area contributed by atoms with Gasteiger partial charge in [0.05, 0.1) is 23.9 Å². The van der Waals surface area contributed by atoms with Crippen molar-refractivity contribution in [3.05, 3.63) is 81.2 Å². The monoisotopic (exact) mass is 415 g/mol. The summed E-state index contributed by atoms with van der Waals surface area (Å²) in [6.07, 6.45) is 1.56. The Morgan fingerprint density at radius 2 is 1.88 bits per heavy atom. The largest absolute Gasteiger partial charge is 0.465 e. The molecule has 4 nitrogen and oxygen atoms in total. The van der Waals surface area contributed by atoms with Gasteiger partial charge in [0, 0.05) is 10.2 Å². The van der Waals surface area contributed by atoms with E-state index in [-0.39, 0.29) is 22.9 Å². The van der Waals surface area contributed by atoms with Crippen LogP contribution in [0.25, 0.3) is 6.08 Å². The van der Waals surface area contributed by atoms with Crippen LogP contribution >= 0.6 is 15.9 Å². The number of methoxy groups -OCH3 is 1. The fourth-order valence-electron chi connectivity index (χ4n) is 2.83. The van der Waals surface area contributed by atoms with Crippen molar-refractivity contribution >= 4 is 39.6 Å². The SMILES string of the molecule is COC(=O)C1=C(C)N(c2cccc(Br)c2)C(=O)/C1=C\c1ccc(F)cc1. The second kappa shape index (κ2) is 7.25. The molecule has 132 valence electrons. The van der Waals surface area contributed by atoms with Gasteiger partial charge < -0.3 is 4.74 Å². The fraction of sp³-hybridized carbons (Fsp3) is 0.100. The molecule has 0 aromatic heterocycles. The van der Waals surface area contributed by atoms with Crippen molar-refractivity contribution in [2.45, 2.75) is 6.92 Å². The van der Waals surface area contributed by atoms with Crippen molar-refractivity contribution in [3.63, 3.8) is 0 Å². The maximum absolute atomic E-state index is 13.1. The molecule has 0 saturated heterocycles. The molecule has 0 atom stereocenters. The lowest BCUT2D eigenvalue weighted by atomic mass is 10.0. The summed E-state index contributed by atoms with van der Waals surface area (Å²) in [4.78, 5) is 26.8. The molecule has 26 heavy (non-hydrogen) atoms. The highest BCUT2D eigenvalue weighted by Crippen LogP contribution is 2.36. The summed E-state index contributed by atoms with van der Waals surface area (Å²) >= 11 is 3.39. The van der Waals surface area contributed by atoms with Gasteiger partial charge in [0.2, 0.25) is 0 Å². The van der Waals surface area contributed by atoms with E-state index in [2.05, 4.69) is 15.9 Å². The Morgan fingerprint density at radius 1 is 1.19 bits per heavy atom. The van der Waals surface area contributed by atoms with Crippen molar-refractivity contribution < 1.29 is 18.7 Å². The Labute approximate surface area is 158 Å². The van der Waals surface area contributed by atoms with Gasteiger partial charge in [0.25, 0.3) is 5.91 Å². The second-order valence-electron chi connectivity index (χ2n) is 5.68. The number of amides is 1. The molecule has 0 bridgehead atoms. The number of anilines is 1. The summed E-state index contributed by atoms with van der Waals surface area (Å²) < 4.78 is 18.8. The lowest BCUT2D eigenvalue weighted by Gasteiger charge is -2.18. The van der Waals surface area contributed by atoms with Crippen molar-refractivity contribution in [1.82, 2.24) is 0 Å². The van der Waals surface area contributed by atoms with Crippen LogP contribution in [-0.2, 0) is 14.3 Å². The minimum absolute atomic E-state index is 0.196. The highest BCUT2D eigenvalue weighted by atomic mass is 79.9. The summed E-state index contributed by atoms with van der Waals surface area (Å²) in [5.41, 5.74) is 2.13. The van der Waals surface area contributed by atoms with Crippen LogP contribution in [-0.4, -0.2) is 19.0 Å². The predicted octanol–water partition coefficient (Wildman–Crippen LogP) is 4.47. The molecule has 0 spiro atoms. The Balaban J connectivity index is 2.13. The lowest BCUT2D eigenvalue weighted by Crippen LogP contribution is -2.24. The molecule has 0 saturated carbocycles.